The highest BCUT2D eigenvalue weighted by Gasteiger charge is 1.96. The van der Waals surface area contributed by atoms with Crippen LogP contribution in [0.4, 0.5) is 0 Å². The van der Waals surface area contributed by atoms with E-state index in [4.69, 9.17) is 16.3 Å². The van der Waals surface area contributed by atoms with Crippen molar-refractivity contribution >= 4 is 17.7 Å². The molecule has 20 heavy (non-hydrogen) atoms. The molecule has 0 amide bonds. The summed E-state index contributed by atoms with van der Waals surface area (Å²) < 4.78 is 5.66. The summed E-state index contributed by atoms with van der Waals surface area (Å²) in [5, 5.41) is 0. The van der Waals surface area contributed by atoms with Crippen LogP contribution >= 0.6 is 11.6 Å². The summed E-state index contributed by atoms with van der Waals surface area (Å²) in [6.45, 7) is 4.73. The molecule has 0 atom stereocenters. The van der Waals surface area contributed by atoms with Crippen LogP contribution < -0.4 is 4.74 Å². The van der Waals surface area contributed by atoms with E-state index in [1.165, 1.54) is 16.7 Å². The smallest absolute Gasteiger partial charge is 0.119 e. The molecular weight excluding hydrogens is 268 g/mol. The quantitative estimate of drug-likeness (QED) is 0.692. The number of ether oxygens (including phenoxy) is 1. The van der Waals surface area contributed by atoms with Crippen LogP contribution in [0.1, 0.15) is 22.3 Å². The van der Waals surface area contributed by atoms with Gasteiger partial charge in [0.25, 0.3) is 0 Å². The normalized spacial score (nSPS) is 10.9. The Bertz CT molecular complexity index is 585. The maximum absolute atomic E-state index is 5.82. The van der Waals surface area contributed by atoms with Crippen LogP contribution in [0.3, 0.4) is 0 Å². The largest absolute Gasteiger partial charge is 0.490 e. The lowest BCUT2D eigenvalue weighted by Crippen LogP contribution is -1.93. The van der Waals surface area contributed by atoms with Crippen LogP contribution in [-0.2, 0) is 5.88 Å². The fourth-order valence-electron chi connectivity index (χ4n) is 1.96. The van der Waals surface area contributed by atoms with Crippen molar-refractivity contribution in [3.05, 3.63) is 70.8 Å². The van der Waals surface area contributed by atoms with Crippen molar-refractivity contribution in [1.82, 2.24) is 0 Å². The van der Waals surface area contributed by atoms with Gasteiger partial charge in [-0.25, -0.2) is 0 Å². The highest BCUT2D eigenvalue weighted by molar-refractivity contribution is 6.17. The summed E-state index contributed by atoms with van der Waals surface area (Å²) in [6, 6.07) is 14.3. The van der Waals surface area contributed by atoms with Crippen molar-refractivity contribution in [2.75, 3.05) is 6.61 Å². The number of alkyl halides is 1. The Morgan fingerprint density at radius 2 is 1.80 bits per heavy atom. The third kappa shape index (κ3) is 4.14. The molecule has 0 aliphatic carbocycles. The van der Waals surface area contributed by atoms with E-state index in [0.717, 1.165) is 11.3 Å². The molecule has 0 saturated heterocycles. The fraction of sp³-hybridized carbons (Fsp3) is 0.222. The average molecular weight is 287 g/mol. The summed E-state index contributed by atoms with van der Waals surface area (Å²) >= 11 is 5.82. The number of rotatable bonds is 5. The van der Waals surface area contributed by atoms with Gasteiger partial charge in [-0.2, -0.15) is 0 Å². The van der Waals surface area contributed by atoms with E-state index in [2.05, 4.69) is 38.1 Å². The summed E-state index contributed by atoms with van der Waals surface area (Å²) in [6.07, 6.45) is 4.12. The van der Waals surface area contributed by atoms with Gasteiger partial charge in [0.1, 0.15) is 12.4 Å². The van der Waals surface area contributed by atoms with Gasteiger partial charge in [-0.05, 0) is 48.7 Å². The molecule has 0 spiro atoms. The van der Waals surface area contributed by atoms with Gasteiger partial charge in [0.2, 0.25) is 0 Å². The van der Waals surface area contributed by atoms with Crippen molar-refractivity contribution in [3.63, 3.8) is 0 Å². The van der Waals surface area contributed by atoms with E-state index in [1.54, 1.807) is 0 Å². The third-order valence-corrected chi connectivity index (χ3v) is 3.46. The van der Waals surface area contributed by atoms with Crippen molar-refractivity contribution < 1.29 is 4.74 Å². The standard InChI is InChI=1S/C18H19ClO/c1-14-5-9-18(10-6-14)20-11-3-4-17-8-7-16(13-19)12-15(17)2/h3-10,12H,11,13H2,1-2H3/b4-3+. The van der Waals surface area contributed by atoms with Crippen LogP contribution in [0.5, 0.6) is 5.75 Å². The van der Waals surface area contributed by atoms with E-state index >= 15 is 0 Å². The van der Waals surface area contributed by atoms with Gasteiger partial charge in [0.05, 0.1) is 0 Å². The zero-order valence-corrected chi connectivity index (χ0v) is 12.7. The second kappa shape index (κ2) is 7.16. The Labute approximate surface area is 125 Å². The maximum Gasteiger partial charge on any atom is 0.119 e. The molecule has 0 saturated carbocycles. The Morgan fingerprint density at radius 1 is 1.05 bits per heavy atom. The topological polar surface area (TPSA) is 9.23 Å². The molecular formula is C18H19ClO. The van der Waals surface area contributed by atoms with E-state index in [0.29, 0.717) is 12.5 Å². The van der Waals surface area contributed by atoms with Gasteiger partial charge in [-0.15, -0.1) is 11.6 Å². The first-order valence-corrected chi connectivity index (χ1v) is 7.24. The van der Waals surface area contributed by atoms with Crippen LogP contribution in [0.15, 0.2) is 48.5 Å². The molecule has 0 bridgehead atoms. The SMILES string of the molecule is Cc1ccc(OC/C=C/c2ccc(CCl)cc2C)cc1. The van der Waals surface area contributed by atoms with E-state index in [9.17, 15) is 0 Å². The minimum absolute atomic E-state index is 0.557. The minimum Gasteiger partial charge on any atom is -0.490 e. The Kier molecular flexibility index (Phi) is 5.25. The maximum atomic E-state index is 5.82. The molecule has 0 unspecified atom stereocenters. The Balaban J connectivity index is 1.91. The second-order valence-electron chi connectivity index (χ2n) is 4.85. The van der Waals surface area contributed by atoms with E-state index in [1.807, 2.05) is 30.3 Å². The molecule has 0 heterocycles. The molecule has 0 aliphatic rings. The molecule has 0 N–H and O–H groups in total. The average Bonchev–Trinajstić information content (AvgIpc) is 2.46. The van der Waals surface area contributed by atoms with Crippen molar-refractivity contribution in [1.29, 1.82) is 0 Å². The van der Waals surface area contributed by atoms with E-state index < -0.39 is 0 Å². The van der Waals surface area contributed by atoms with Gasteiger partial charge in [-0.1, -0.05) is 42.0 Å². The third-order valence-electron chi connectivity index (χ3n) is 3.15. The zero-order valence-electron chi connectivity index (χ0n) is 11.9. The monoisotopic (exact) mass is 286 g/mol. The number of benzene rings is 2. The molecule has 2 heteroatoms. The highest BCUT2D eigenvalue weighted by Crippen LogP contribution is 2.15. The summed E-state index contributed by atoms with van der Waals surface area (Å²) in [5.41, 5.74) is 4.82. The summed E-state index contributed by atoms with van der Waals surface area (Å²) in [4.78, 5) is 0. The predicted octanol–water partition coefficient (Wildman–Crippen LogP) is 5.13. The second-order valence-corrected chi connectivity index (χ2v) is 5.12. The predicted molar refractivity (Wildman–Crippen MR) is 86.4 cm³/mol. The highest BCUT2D eigenvalue weighted by atomic mass is 35.5. The number of halogens is 1. The lowest BCUT2D eigenvalue weighted by atomic mass is 10.1. The zero-order chi connectivity index (χ0) is 14.4. The molecule has 2 aromatic carbocycles. The van der Waals surface area contributed by atoms with Crippen LogP contribution in [0.2, 0.25) is 0 Å². The molecule has 1 nitrogen and oxygen atoms in total. The molecule has 0 aliphatic heterocycles. The van der Waals surface area contributed by atoms with E-state index in [-0.39, 0.29) is 0 Å². The molecule has 0 fully saturated rings. The van der Waals surface area contributed by atoms with Crippen LogP contribution in [0, 0.1) is 13.8 Å². The summed E-state index contributed by atoms with van der Waals surface area (Å²) in [7, 11) is 0. The number of hydrogen-bond donors (Lipinski definition) is 0. The number of aryl methyl sites for hydroxylation is 2. The first kappa shape index (κ1) is 14.7. The van der Waals surface area contributed by atoms with Gasteiger partial charge < -0.3 is 4.74 Å². The van der Waals surface area contributed by atoms with Crippen LogP contribution in [0.25, 0.3) is 6.08 Å². The van der Waals surface area contributed by atoms with Crippen LogP contribution in [-0.4, -0.2) is 6.61 Å². The van der Waals surface area contributed by atoms with Gasteiger partial charge in [0, 0.05) is 5.88 Å². The first-order valence-electron chi connectivity index (χ1n) is 6.70. The number of hydrogen-bond acceptors (Lipinski definition) is 1. The summed E-state index contributed by atoms with van der Waals surface area (Å²) in [5.74, 6) is 1.45. The minimum atomic E-state index is 0.557. The van der Waals surface area contributed by atoms with Gasteiger partial charge in [0.15, 0.2) is 0 Å². The molecule has 0 aromatic heterocycles. The molecule has 104 valence electrons. The first-order chi connectivity index (χ1) is 9.69. The van der Waals surface area contributed by atoms with Gasteiger partial charge >= 0.3 is 0 Å². The van der Waals surface area contributed by atoms with Gasteiger partial charge in [-0.3, -0.25) is 0 Å². The fourth-order valence-corrected chi connectivity index (χ4v) is 2.13. The molecule has 2 rings (SSSR count). The molecule has 2 aromatic rings. The lowest BCUT2D eigenvalue weighted by Gasteiger charge is -2.04. The van der Waals surface area contributed by atoms with Crippen molar-refractivity contribution in [2.24, 2.45) is 0 Å². The Morgan fingerprint density at radius 3 is 2.45 bits per heavy atom. The Hall–Kier alpha value is -1.73. The molecule has 0 radical (unpaired) electrons. The van der Waals surface area contributed by atoms with Crippen molar-refractivity contribution in [3.8, 4) is 5.75 Å². The van der Waals surface area contributed by atoms with Crippen molar-refractivity contribution in [2.45, 2.75) is 19.7 Å². The lowest BCUT2D eigenvalue weighted by molar-refractivity contribution is 0.363.